The van der Waals surface area contributed by atoms with Crippen LogP contribution in [0.2, 0.25) is 0 Å². The summed E-state index contributed by atoms with van der Waals surface area (Å²) in [4.78, 5) is 4.08. The van der Waals surface area contributed by atoms with Gasteiger partial charge in [-0.1, -0.05) is 11.2 Å². The van der Waals surface area contributed by atoms with Gasteiger partial charge >= 0.3 is 7.12 Å². The third kappa shape index (κ3) is 2.52. The van der Waals surface area contributed by atoms with Gasteiger partial charge < -0.3 is 19.8 Å². The summed E-state index contributed by atoms with van der Waals surface area (Å²) in [5.74, 6) is 0.631. The Morgan fingerprint density at radius 3 is 2.71 bits per heavy atom. The Kier molecular flexibility index (Phi) is 3.22. The molecule has 0 atom stereocenters. The molecule has 0 bridgehead atoms. The van der Waals surface area contributed by atoms with Crippen molar-refractivity contribution < 1.29 is 15.3 Å². The third-order valence-electron chi connectivity index (χ3n) is 2.26. The molecule has 2 heterocycles. The van der Waals surface area contributed by atoms with Crippen LogP contribution in [0, 0.1) is 0 Å². The van der Waals surface area contributed by atoms with Crippen LogP contribution in [0.1, 0.15) is 5.56 Å². The number of pyridine rings is 1. The first-order valence-corrected chi connectivity index (χ1v) is 4.88. The van der Waals surface area contributed by atoms with Crippen LogP contribution in [0.3, 0.4) is 0 Å². The molecule has 0 radical (unpaired) electrons. The van der Waals surface area contributed by atoms with E-state index in [1.165, 1.54) is 12.4 Å². The first-order valence-electron chi connectivity index (χ1n) is 4.88. The summed E-state index contributed by atoms with van der Waals surface area (Å²) < 4.78 is 1.73. The number of hydrogen-bond donors (Lipinski definition) is 3. The second-order valence-electron chi connectivity index (χ2n) is 3.42. The van der Waals surface area contributed by atoms with Crippen molar-refractivity contribution in [1.82, 2.24) is 9.55 Å². The largest absolute Gasteiger partial charge is 0.490 e. The Balaban J connectivity index is 2.26. The lowest BCUT2D eigenvalue weighted by molar-refractivity contribution is 0.322. The molecule has 0 aromatic carbocycles. The van der Waals surface area contributed by atoms with Crippen molar-refractivity contribution in [2.45, 2.75) is 0 Å². The van der Waals surface area contributed by atoms with E-state index < -0.39 is 7.12 Å². The predicted octanol–water partition coefficient (Wildman–Crippen LogP) is -0.640. The Morgan fingerprint density at radius 2 is 2.12 bits per heavy atom. The number of hydrogen-bond acceptors (Lipinski definition) is 5. The molecule has 0 aliphatic heterocycles. The van der Waals surface area contributed by atoms with Crippen molar-refractivity contribution in [3.8, 4) is 5.82 Å². The molecule has 6 nitrogen and oxygen atoms in total. The molecule has 0 saturated heterocycles. The zero-order valence-corrected chi connectivity index (χ0v) is 8.80. The Hall–Kier alpha value is -2.12. The minimum atomic E-state index is -1.52. The standard InChI is InChI=1S/C10H10BN3O3/c15-11(16)9-1-2-10(12-6-9)14-4-3-8(7-14)5-13-17/h1-7,15-17H. The quantitative estimate of drug-likeness (QED) is 0.283. The summed E-state index contributed by atoms with van der Waals surface area (Å²) in [5, 5.41) is 29.2. The maximum atomic E-state index is 8.92. The average molecular weight is 231 g/mol. The van der Waals surface area contributed by atoms with E-state index in [2.05, 4.69) is 10.1 Å². The van der Waals surface area contributed by atoms with Crippen LogP contribution in [0.5, 0.6) is 0 Å². The highest BCUT2D eigenvalue weighted by Gasteiger charge is 2.10. The highest BCUT2D eigenvalue weighted by Crippen LogP contribution is 2.05. The van der Waals surface area contributed by atoms with Gasteiger partial charge in [0.25, 0.3) is 0 Å². The van der Waals surface area contributed by atoms with Crippen molar-refractivity contribution in [1.29, 1.82) is 0 Å². The van der Waals surface area contributed by atoms with Gasteiger partial charge in [0, 0.05) is 29.6 Å². The minimum absolute atomic E-state index is 0.332. The summed E-state index contributed by atoms with van der Waals surface area (Å²) in [6.07, 6.45) is 6.19. The van der Waals surface area contributed by atoms with E-state index in [0.29, 0.717) is 11.3 Å². The molecular weight excluding hydrogens is 221 g/mol. The predicted molar refractivity (Wildman–Crippen MR) is 62.8 cm³/mol. The van der Waals surface area contributed by atoms with E-state index in [0.717, 1.165) is 5.56 Å². The van der Waals surface area contributed by atoms with Gasteiger partial charge in [-0.05, 0) is 12.1 Å². The lowest BCUT2D eigenvalue weighted by Crippen LogP contribution is -2.30. The molecule has 17 heavy (non-hydrogen) atoms. The van der Waals surface area contributed by atoms with Crippen molar-refractivity contribution in [3.05, 3.63) is 42.4 Å². The Bertz CT molecular complexity index is 522. The lowest BCUT2D eigenvalue weighted by Gasteiger charge is -2.03. The molecule has 0 spiro atoms. The Morgan fingerprint density at radius 1 is 1.29 bits per heavy atom. The number of rotatable bonds is 3. The molecule has 2 rings (SSSR count). The number of aromatic nitrogens is 2. The first-order chi connectivity index (χ1) is 8.20. The zero-order valence-electron chi connectivity index (χ0n) is 8.80. The molecule has 0 unspecified atom stereocenters. The van der Waals surface area contributed by atoms with Gasteiger partial charge in [0.1, 0.15) is 5.82 Å². The van der Waals surface area contributed by atoms with Crippen LogP contribution < -0.4 is 5.46 Å². The fourth-order valence-electron chi connectivity index (χ4n) is 1.40. The van der Waals surface area contributed by atoms with Crippen LogP contribution in [0.4, 0.5) is 0 Å². The van der Waals surface area contributed by atoms with Gasteiger partial charge in [0.05, 0.1) is 6.21 Å². The normalized spacial score (nSPS) is 10.9. The molecule has 86 valence electrons. The van der Waals surface area contributed by atoms with E-state index >= 15 is 0 Å². The summed E-state index contributed by atoms with van der Waals surface area (Å²) in [5.41, 5.74) is 1.07. The molecule has 0 amide bonds. The lowest BCUT2D eigenvalue weighted by atomic mass is 9.82. The van der Waals surface area contributed by atoms with Crippen LogP contribution >= 0.6 is 0 Å². The molecule has 2 aromatic heterocycles. The van der Waals surface area contributed by atoms with Crippen LogP contribution in [0.15, 0.2) is 41.9 Å². The highest BCUT2D eigenvalue weighted by molar-refractivity contribution is 6.58. The van der Waals surface area contributed by atoms with E-state index in [-0.39, 0.29) is 0 Å². The molecule has 0 fully saturated rings. The highest BCUT2D eigenvalue weighted by atomic mass is 16.4. The van der Waals surface area contributed by atoms with Gasteiger partial charge in [-0.15, -0.1) is 0 Å². The number of nitrogens with zero attached hydrogens (tertiary/aromatic N) is 3. The van der Waals surface area contributed by atoms with Crippen LogP contribution in [-0.2, 0) is 0 Å². The van der Waals surface area contributed by atoms with Gasteiger partial charge in [-0.2, -0.15) is 0 Å². The average Bonchev–Trinajstić information content (AvgIpc) is 2.78. The molecule has 0 saturated carbocycles. The van der Waals surface area contributed by atoms with Gasteiger partial charge in [0.15, 0.2) is 0 Å². The minimum Gasteiger partial charge on any atom is -0.423 e. The van der Waals surface area contributed by atoms with E-state index in [1.54, 1.807) is 35.2 Å². The van der Waals surface area contributed by atoms with Crippen LogP contribution in [-0.4, -0.2) is 38.1 Å². The number of oxime groups is 1. The van der Waals surface area contributed by atoms with Crippen molar-refractivity contribution in [2.24, 2.45) is 5.16 Å². The summed E-state index contributed by atoms with van der Waals surface area (Å²) >= 11 is 0. The Labute approximate surface area is 97.6 Å². The van der Waals surface area contributed by atoms with E-state index in [4.69, 9.17) is 15.3 Å². The van der Waals surface area contributed by atoms with Crippen molar-refractivity contribution in [3.63, 3.8) is 0 Å². The second kappa shape index (κ2) is 4.81. The fourth-order valence-corrected chi connectivity index (χ4v) is 1.40. The SMILES string of the molecule is ON=Cc1ccn(-c2ccc(B(O)O)cn2)c1. The fraction of sp³-hybridized carbons (Fsp3) is 0. The van der Waals surface area contributed by atoms with Gasteiger partial charge in [-0.25, -0.2) is 4.98 Å². The third-order valence-corrected chi connectivity index (χ3v) is 2.26. The maximum Gasteiger partial charge on any atom is 0.490 e. The first kappa shape index (κ1) is 11.4. The van der Waals surface area contributed by atoms with E-state index in [1.807, 2.05) is 0 Å². The zero-order chi connectivity index (χ0) is 12.3. The molecule has 0 aliphatic carbocycles. The monoisotopic (exact) mass is 231 g/mol. The topological polar surface area (TPSA) is 90.9 Å². The molecule has 3 N–H and O–H groups in total. The molecule has 2 aromatic rings. The van der Waals surface area contributed by atoms with E-state index in [9.17, 15) is 0 Å². The smallest absolute Gasteiger partial charge is 0.423 e. The summed E-state index contributed by atoms with van der Waals surface area (Å²) in [6.45, 7) is 0. The van der Waals surface area contributed by atoms with Crippen LogP contribution in [0.25, 0.3) is 5.82 Å². The van der Waals surface area contributed by atoms with Gasteiger partial charge in [-0.3, -0.25) is 0 Å². The molecular formula is C10H10BN3O3. The van der Waals surface area contributed by atoms with Gasteiger partial charge in [0.2, 0.25) is 0 Å². The van der Waals surface area contributed by atoms with Crippen molar-refractivity contribution >= 4 is 18.8 Å². The molecule has 0 aliphatic rings. The second-order valence-corrected chi connectivity index (χ2v) is 3.42. The maximum absolute atomic E-state index is 8.92. The van der Waals surface area contributed by atoms with Crippen molar-refractivity contribution in [2.75, 3.05) is 0 Å². The summed E-state index contributed by atoms with van der Waals surface area (Å²) in [6, 6.07) is 5.00. The molecule has 7 heteroatoms. The summed E-state index contributed by atoms with van der Waals surface area (Å²) in [7, 11) is -1.52.